The van der Waals surface area contributed by atoms with Gasteiger partial charge in [0.05, 0.1) is 5.71 Å². The van der Waals surface area contributed by atoms with Crippen molar-refractivity contribution in [3.8, 4) is 0 Å². The van der Waals surface area contributed by atoms with E-state index in [4.69, 9.17) is 4.84 Å². The van der Waals surface area contributed by atoms with Crippen molar-refractivity contribution in [2.75, 3.05) is 13.1 Å². The zero-order valence-electron chi connectivity index (χ0n) is 17.2. The van der Waals surface area contributed by atoms with Crippen LogP contribution in [0.1, 0.15) is 65.2 Å². The molecule has 3 saturated carbocycles. The van der Waals surface area contributed by atoms with Crippen molar-refractivity contribution in [1.82, 2.24) is 5.32 Å². The lowest BCUT2D eigenvalue weighted by atomic mass is 9.47. The highest BCUT2D eigenvalue weighted by atomic mass is 19.1. The Morgan fingerprint density at radius 2 is 2.00 bits per heavy atom. The van der Waals surface area contributed by atoms with Gasteiger partial charge in [-0.15, -0.1) is 0 Å². The summed E-state index contributed by atoms with van der Waals surface area (Å²) in [5.41, 5.74) is 2.35. The van der Waals surface area contributed by atoms with E-state index in [1.165, 1.54) is 5.57 Å². The second-order valence-corrected chi connectivity index (χ2v) is 10.3. The minimum absolute atomic E-state index is 0.112. The highest BCUT2D eigenvalue weighted by Gasteiger charge is 2.61. The number of alkyl halides is 1. The van der Waals surface area contributed by atoms with Gasteiger partial charge in [0.2, 0.25) is 0 Å². The van der Waals surface area contributed by atoms with E-state index in [1.807, 2.05) is 6.92 Å². The molecule has 0 amide bonds. The molecule has 0 bridgehead atoms. The summed E-state index contributed by atoms with van der Waals surface area (Å²) in [4.78, 5) is 18.3. The number of fused-ring (bicyclic) bond motifs is 5. The predicted molar refractivity (Wildman–Crippen MR) is 107 cm³/mol. The summed E-state index contributed by atoms with van der Waals surface area (Å²) in [5, 5.41) is 7.79. The Labute approximate surface area is 167 Å². The highest BCUT2D eigenvalue weighted by Crippen LogP contribution is 2.64. The zero-order valence-corrected chi connectivity index (χ0v) is 17.2. The topological polar surface area (TPSA) is 50.7 Å². The van der Waals surface area contributed by atoms with Crippen molar-refractivity contribution in [3.63, 3.8) is 0 Å². The molecule has 4 nitrogen and oxygen atoms in total. The summed E-state index contributed by atoms with van der Waals surface area (Å²) in [5.74, 6) is 1.19. The molecule has 5 heteroatoms. The van der Waals surface area contributed by atoms with Crippen LogP contribution in [0, 0.1) is 28.6 Å². The molecule has 0 radical (unpaired) electrons. The molecule has 5 aliphatic rings. The highest BCUT2D eigenvalue weighted by molar-refractivity contribution is 5.96. The van der Waals surface area contributed by atoms with Crippen molar-refractivity contribution in [2.45, 2.75) is 77.5 Å². The molecule has 1 aliphatic heterocycles. The molecular weight excluding hydrogens is 355 g/mol. The van der Waals surface area contributed by atoms with Crippen LogP contribution in [0.3, 0.4) is 0 Å². The molecule has 1 saturated heterocycles. The minimum atomic E-state index is -1.23. The van der Waals surface area contributed by atoms with Crippen LogP contribution in [0.2, 0.25) is 0 Å². The van der Waals surface area contributed by atoms with Crippen molar-refractivity contribution in [3.05, 3.63) is 11.6 Å². The molecule has 4 aliphatic carbocycles. The Hall–Kier alpha value is -1.23. The average Bonchev–Trinajstić information content (AvgIpc) is 3.28. The molecule has 1 heterocycles. The number of oxime groups is 1. The van der Waals surface area contributed by atoms with Gasteiger partial charge < -0.3 is 10.2 Å². The minimum Gasteiger partial charge on any atom is -0.391 e. The van der Waals surface area contributed by atoms with Crippen molar-refractivity contribution < 1.29 is 14.0 Å². The Balaban J connectivity index is 1.36. The molecule has 28 heavy (non-hydrogen) atoms. The van der Waals surface area contributed by atoms with E-state index in [0.717, 1.165) is 63.7 Å². The van der Waals surface area contributed by atoms with Gasteiger partial charge in [-0.25, -0.2) is 4.39 Å². The SMILES string of the molecule is CC12CCC3C(CCC4=C/C(=N/OC5CCNC5)CCC43C)C1CC(F)C2=O. The number of carbonyl (C=O) groups excluding carboxylic acids is 1. The van der Waals surface area contributed by atoms with Crippen LogP contribution in [0.4, 0.5) is 4.39 Å². The molecule has 5 rings (SSSR count). The summed E-state index contributed by atoms with van der Waals surface area (Å²) >= 11 is 0. The van der Waals surface area contributed by atoms with Crippen LogP contribution >= 0.6 is 0 Å². The fourth-order valence-corrected chi connectivity index (χ4v) is 7.25. The maximum absolute atomic E-state index is 14.3. The third-order valence-corrected chi connectivity index (χ3v) is 9.01. The first-order valence-corrected chi connectivity index (χ1v) is 11.2. The lowest BCUT2D eigenvalue weighted by Gasteiger charge is -2.56. The van der Waals surface area contributed by atoms with Crippen LogP contribution in [-0.4, -0.2) is 36.9 Å². The molecular formula is C23H33FN2O2. The van der Waals surface area contributed by atoms with Gasteiger partial charge in [-0.3, -0.25) is 4.79 Å². The Morgan fingerprint density at radius 1 is 1.14 bits per heavy atom. The number of hydrogen-bond acceptors (Lipinski definition) is 4. The van der Waals surface area contributed by atoms with E-state index in [1.54, 1.807) is 0 Å². The molecule has 0 aromatic carbocycles. The average molecular weight is 389 g/mol. The van der Waals surface area contributed by atoms with Crippen LogP contribution < -0.4 is 5.32 Å². The summed E-state index contributed by atoms with van der Waals surface area (Å²) < 4.78 is 14.3. The first-order chi connectivity index (χ1) is 13.4. The number of nitrogens with one attached hydrogen (secondary N) is 1. The van der Waals surface area contributed by atoms with Crippen molar-refractivity contribution >= 4 is 11.5 Å². The number of allylic oxidation sites excluding steroid dienone is 2. The zero-order chi connectivity index (χ0) is 19.5. The molecule has 0 aromatic rings. The fraction of sp³-hybridized carbons (Fsp3) is 0.826. The van der Waals surface area contributed by atoms with Gasteiger partial charge in [-0.05, 0) is 80.7 Å². The third kappa shape index (κ3) is 2.72. The van der Waals surface area contributed by atoms with Crippen molar-refractivity contribution in [1.29, 1.82) is 0 Å². The molecule has 154 valence electrons. The van der Waals surface area contributed by atoms with E-state index < -0.39 is 11.6 Å². The maximum atomic E-state index is 14.3. The second-order valence-electron chi connectivity index (χ2n) is 10.3. The summed E-state index contributed by atoms with van der Waals surface area (Å²) in [6.45, 7) is 6.37. The van der Waals surface area contributed by atoms with Crippen LogP contribution in [-0.2, 0) is 9.63 Å². The molecule has 7 unspecified atom stereocenters. The van der Waals surface area contributed by atoms with Gasteiger partial charge in [0, 0.05) is 18.4 Å². The number of ketones is 1. The standard InChI is InChI=1S/C23H33FN2O2/c1-22-8-5-15(26-28-16-7-10-25-13-16)11-14(22)3-4-17-18(22)6-9-23(2)19(17)12-20(24)21(23)27/h11,16-20,25H,3-10,12-13H2,1-2H3/b26-15+. The molecule has 1 N–H and O–H groups in total. The Morgan fingerprint density at radius 3 is 2.79 bits per heavy atom. The molecule has 0 aromatic heterocycles. The van der Waals surface area contributed by atoms with Gasteiger partial charge in [0.25, 0.3) is 0 Å². The van der Waals surface area contributed by atoms with E-state index in [9.17, 15) is 9.18 Å². The van der Waals surface area contributed by atoms with Gasteiger partial charge in [0.15, 0.2) is 12.0 Å². The number of rotatable bonds is 2. The van der Waals surface area contributed by atoms with Crippen molar-refractivity contribution in [2.24, 2.45) is 33.7 Å². The summed E-state index contributed by atoms with van der Waals surface area (Å²) in [7, 11) is 0. The lowest BCUT2D eigenvalue weighted by molar-refractivity contribution is -0.135. The normalized spacial score (nSPS) is 49.4. The van der Waals surface area contributed by atoms with E-state index >= 15 is 0 Å². The Bertz CT molecular complexity index is 728. The van der Waals surface area contributed by atoms with Crippen LogP contribution in [0.15, 0.2) is 16.8 Å². The number of nitrogens with zero attached hydrogens (tertiary/aromatic N) is 1. The van der Waals surface area contributed by atoms with Gasteiger partial charge >= 0.3 is 0 Å². The molecule has 0 spiro atoms. The number of carbonyl (C=O) groups is 1. The quantitative estimate of drug-likeness (QED) is 0.721. The summed E-state index contributed by atoms with van der Waals surface area (Å²) in [6, 6.07) is 0. The number of hydrogen-bond donors (Lipinski definition) is 1. The largest absolute Gasteiger partial charge is 0.391 e. The number of Topliss-reactive ketones (excluding diaryl/α,β-unsaturated/α-hetero) is 1. The van der Waals surface area contributed by atoms with Crippen LogP contribution in [0.5, 0.6) is 0 Å². The predicted octanol–water partition coefficient (Wildman–Crippen LogP) is 4.20. The smallest absolute Gasteiger partial charge is 0.173 e. The summed E-state index contributed by atoms with van der Waals surface area (Å²) in [6.07, 6.45) is 8.88. The van der Waals surface area contributed by atoms with Gasteiger partial charge in [-0.2, -0.15) is 0 Å². The van der Waals surface area contributed by atoms with Crippen LogP contribution in [0.25, 0.3) is 0 Å². The monoisotopic (exact) mass is 388 g/mol. The molecule has 4 fully saturated rings. The Kier molecular flexibility index (Phi) is 4.46. The second kappa shape index (κ2) is 6.65. The number of halogens is 1. The lowest BCUT2D eigenvalue weighted by Crippen LogP contribution is -2.50. The molecule has 7 atom stereocenters. The first kappa shape index (κ1) is 18.8. The van der Waals surface area contributed by atoms with Gasteiger partial charge in [0.1, 0.15) is 6.10 Å². The fourth-order valence-electron chi connectivity index (χ4n) is 7.25. The van der Waals surface area contributed by atoms with E-state index in [0.29, 0.717) is 18.3 Å². The third-order valence-electron chi connectivity index (χ3n) is 9.01. The maximum Gasteiger partial charge on any atom is 0.173 e. The van der Waals surface area contributed by atoms with Gasteiger partial charge in [-0.1, -0.05) is 24.6 Å². The van der Waals surface area contributed by atoms with E-state index in [-0.39, 0.29) is 23.2 Å². The first-order valence-electron chi connectivity index (χ1n) is 11.2. The van der Waals surface area contributed by atoms with E-state index in [2.05, 4.69) is 23.5 Å².